The third kappa shape index (κ3) is 2.12. The van der Waals surface area contributed by atoms with Crippen LogP contribution in [0.25, 0.3) is 6.08 Å². The summed E-state index contributed by atoms with van der Waals surface area (Å²) in [5.74, 6) is -0.576. The van der Waals surface area contributed by atoms with E-state index in [0.717, 1.165) is 5.56 Å². The molecule has 0 fully saturated rings. The van der Waals surface area contributed by atoms with Crippen molar-refractivity contribution in [1.82, 2.24) is 4.98 Å². The summed E-state index contributed by atoms with van der Waals surface area (Å²) < 4.78 is 0. The molecule has 0 aliphatic rings. The minimum atomic E-state index is -0.341. The maximum absolute atomic E-state index is 9.07. The van der Waals surface area contributed by atoms with Crippen LogP contribution in [0.1, 0.15) is 5.56 Å². The number of hydrogen-bond donors (Lipinski definition) is 2. The second-order valence-corrected chi connectivity index (χ2v) is 2.26. The Balaban J connectivity index is 2.89. The molecule has 0 bridgehead atoms. The summed E-state index contributed by atoms with van der Waals surface area (Å²) in [6, 6.07) is 3.42. The molecule has 0 radical (unpaired) electrons. The number of aliphatic hydroxyl groups is 2. The zero-order chi connectivity index (χ0) is 8.97. The Kier molecular flexibility index (Phi) is 2.48. The second-order valence-electron chi connectivity index (χ2n) is 2.26. The Hall–Kier alpha value is -1.77. The van der Waals surface area contributed by atoms with Crippen LogP contribution in [0.5, 0.6) is 0 Å². The molecule has 1 aromatic heterocycles. The van der Waals surface area contributed by atoms with E-state index in [4.69, 9.17) is 10.2 Å². The fourth-order valence-electron chi connectivity index (χ4n) is 0.701. The minimum Gasteiger partial charge on any atom is -0.505 e. The Morgan fingerprint density at radius 2 is 1.92 bits per heavy atom. The summed E-state index contributed by atoms with van der Waals surface area (Å²) in [5, 5.41) is 17.8. The van der Waals surface area contributed by atoms with Crippen molar-refractivity contribution >= 4 is 6.08 Å². The van der Waals surface area contributed by atoms with E-state index < -0.39 is 0 Å². The molecular formula is C9H9NO2. The quantitative estimate of drug-likeness (QED) is 0.518. The normalized spacial score (nSPS) is 11.2. The molecule has 1 rings (SSSR count). The van der Waals surface area contributed by atoms with E-state index in [1.807, 2.05) is 0 Å². The van der Waals surface area contributed by atoms with Gasteiger partial charge < -0.3 is 10.2 Å². The van der Waals surface area contributed by atoms with Gasteiger partial charge in [0.2, 0.25) is 0 Å². The lowest BCUT2D eigenvalue weighted by Gasteiger charge is -1.95. The summed E-state index contributed by atoms with van der Waals surface area (Å²) in [4.78, 5) is 3.80. The van der Waals surface area contributed by atoms with Crippen LogP contribution < -0.4 is 0 Å². The zero-order valence-electron chi connectivity index (χ0n) is 6.44. The summed E-state index contributed by atoms with van der Waals surface area (Å²) in [7, 11) is 0. The maximum Gasteiger partial charge on any atom is 0.157 e. The van der Waals surface area contributed by atoms with Gasteiger partial charge in [0.1, 0.15) is 5.76 Å². The zero-order valence-corrected chi connectivity index (χ0v) is 6.44. The van der Waals surface area contributed by atoms with Gasteiger partial charge in [-0.2, -0.15) is 0 Å². The van der Waals surface area contributed by atoms with Crippen molar-refractivity contribution in [2.24, 2.45) is 0 Å². The van der Waals surface area contributed by atoms with Crippen molar-refractivity contribution in [3.8, 4) is 0 Å². The second kappa shape index (κ2) is 3.57. The van der Waals surface area contributed by atoms with Gasteiger partial charge >= 0.3 is 0 Å². The van der Waals surface area contributed by atoms with Crippen molar-refractivity contribution in [3.05, 3.63) is 48.2 Å². The maximum atomic E-state index is 9.07. The number of pyridine rings is 1. The van der Waals surface area contributed by atoms with Crippen LogP contribution in [-0.4, -0.2) is 15.2 Å². The van der Waals surface area contributed by atoms with Crippen LogP contribution >= 0.6 is 0 Å². The molecule has 12 heavy (non-hydrogen) atoms. The van der Waals surface area contributed by atoms with Crippen LogP contribution in [0.15, 0.2) is 42.6 Å². The first-order valence-electron chi connectivity index (χ1n) is 3.39. The Morgan fingerprint density at radius 3 is 2.42 bits per heavy atom. The van der Waals surface area contributed by atoms with E-state index in [1.54, 1.807) is 24.5 Å². The third-order valence-electron chi connectivity index (χ3n) is 1.31. The van der Waals surface area contributed by atoms with Gasteiger partial charge in [-0.25, -0.2) is 0 Å². The monoisotopic (exact) mass is 163 g/mol. The fraction of sp³-hybridized carbons (Fsp3) is 0. The molecule has 0 aromatic carbocycles. The highest BCUT2D eigenvalue weighted by Crippen LogP contribution is 2.06. The van der Waals surface area contributed by atoms with Crippen LogP contribution in [0.2, 0.25) is 0 Å². The molecule has 3 nitrogen and oxygen atoms in total. The van der Waals surface area contributed by atoms with E-state index >= 15 is 0 Å². The van der Waals surface area contributed by atoms with Crippen LogP contribution in [0.3, 0.4) is 0 Å². The molecule has 0 aliphatic carbocycles. The number of aromatic nitrogens is 1. The Morgan fingerprint density at radius 1 is 1.33 bits per heavy atom. The standard InChI is InChI=1S/C9H9NO2/c1-7(11)9(12)6-8-2-4-10-5-3-8/h2-6,11-12H,1H2/b9-6-. The van der Waals surface area contributed by atoms with Gasteiger partial charge in [-0.15, -0.1) is 0 Å². The molecule has 0 saturated heterocycles. The first-order valence-corrected chi connectivity index (χ1v) is 3.39. The number of aliphatic hydroxyl groups excluding tert-OH is 2. The number of nitrogens with zero attached hydrogens (tertiary/aromatic N) is 1. The SMILES string of the molecule is C=C(O)/C(O)=C/c1ccncc1. The lowest BCUT2D eigenvalue weighted by molar-refractivity contribution is 0.332. The highest BCUT2D eigenvalue weighted by atomic mass is 16.3. The smallest absolute Gasteiger partial charge is 0.157 e. The van der Waals surface area contributed by atoms with Gasteiger partial charge in [0, 0.05) is 12.4 Å². The summed E-state index contributed by atoms with van der Waals surface area (Å²) in [5.41, 5.74) is 0.762. The molecule has 0 spiro atoms. The lowest BCUT2D eigenvalue weighted by atomic mass is 10.2. The first kappa shape index (κ1) is 8.33. The average molecular weight is 163 g/mol. The number of hydrogen-bond acceptors (Lipinski definition) is 3. The van der Waals surface area contributed by atoms with Gasteiger partial charge in [0.05, 0.1) is 0 Å². The Bertz CT molecular complexity index is 304. The molecule has 0 unspecified atom stereocenters. The number of rotatable bonds is 2. The van der Waals surface area contributed by atoms with Gasteiger partial charge in [0.15, 0.2) is 5.76 Å². The summed E-state index contributed by atoms with van der Waals surface area (Å²) in [6.45, 7) is 3.17. The van der Waals surface area contributed by atoms with Crippen LogP contribution in [-0.2, 0) is 0 Å². The summed E-state index contributed by atoms with van der Waals surface area (Å²) in [6.07, 6.45) is 4.60. The van der Waals surface area contributed by atoms with Crippen LogP contribution in [0.4, 0.5) is 0 Å². The van der Waals surface area contributed by atoms with E-state index in [0.29, 0.717) is 0 Å². The molecule has 62 valence electrons. The van der Waals surface area contributed by atoms with E-state index in [9.17, 15) is 0 Å². The summed E-state index contributed by atoms with van der Waals surface area (Å²) >= 11 is 0. The minimum absolute atomic E-state index is 0.235. The van der Waals surface area contributed by atoms with Gasteiger partial charge in [-0.3, -0.25) is 4.98 Å². The average Bonchev–Trinajstić information content (AvgIpc) is 2.06. The molecule has 0 saturated carbocycles. The van der Waals surface area contributed by atoms with Crippen molar-refractivity contribution in [2.45, 2.75) is 0 Å². The fourth-order valence-corrected chi connectivity index (χ4v) is 0.701. The lowest BCUT2D eigenvalue weighted by Crippen LogP contribution is -1.84. The van der Waals surface area contributed by atoms with E-state index in [2.05, 4.69) is 11.6 Å². The van der Waals surface area contributed by atoms with Crippen molar-refractivity contribution < 1.29 is 10.2 Å². The van der Waals surface area contributed by atoms with Gasteiger partial charge in [-0.05, 0) is 23.8 Å². The first-order chi connectivity index (χ1) is 5.70. The molecule has 1 aromatic rings. The van der Waals surface area contributed by atoms with E-state index in [1.165, 1.54) is 6.08 Å². The van der Waals surface area contributed by atoms with Crippen molar-refractivity contribution in [1.29, 1.82) is 0 Å². The molecule has 0 aliphatic heterocycles. The molecule has 0 atom stereocenters. The largest absolute Gasteiger partial charge is 0.505 e. The van der Waals surface area contributed by atoms with Crippen molar-refractivity contribution in [3.63, 3.8) is 0 Å². The Labute approximate surface area is 70.3 Å². The third-order valence-corrected chi connectivity index (χ3v) is 1.31. The molecule has 1 heterocycles. The van der Waals surface area contributed by atoms with Gasteiger partial charge in [-0.1, -0.05) is 6.58 Å². The van der Waals surface area contributed by atoms with Crippen LogP contribution in [0, 0.1) is 0 Å². The predicted molar refractivity (Wildman–Crippen MR) is 46.6 cm³/mol. The van der Waals surface area contributed by atoms with Gasteiger partial charge in [0.25, 0.3) is 0 Å². The van der Waals surface area contributed by atoms with Crippen molar-refractivity contribution in [2.75, 3.05) is 0 Å². The topological polar surface area (TPSA) is 53.4 Å². The highest BCUT2D eigenvalue weighted by molar-refractivity contribution is 5.53. The molecule has 0 amide bonds. The molecular weight excluding hydrogens is 154 g/mol. The van der Waals surface area contributed by atoms with E-state index in [-0.39, 0.29) is 11.5 Å². The molecule has 3 heteroatoms. The molecule has 2 N–H and O–H groups in total. The predicted octanol–water partition coefficient (Wildman–Crippen LogP) is 2.05. The highest BCUT2D eigenvalue weighted by Gasteiger charge is 1.95.